The van der Waals surface area contributed by atoms with E-state index in [9.17, 15) is 0 Å². The van der Waals surface area contributed by atoms with Crippen LogP contribution < -0.4 is 5.73 Å². The molecule has 0 aromatic carbocycles. The van der Waals surface area contributed by atoms with Crippen molar-refractivity contribution < 1.29 is 0 Å². The van der Waals surface area contributed by atoms with E-state index < -0.39 is 0 Å². The van der Waals surface area contributed by atoms with Gasteiger partial charge in [-0.15, -0.1) is 0 Å². The van der Waals surface area contributed by atoms with E-state index in [-0.39, 0.29) is 0 Å². The van der Waals surface area contributed by atoms with Crippen LogP contribution in [0.25, 0.3) is 0 Å². The highest BCUT2D eigenvalue weighted by atomic mass is 15.2. The van der Waals surface area contributed by atoms with Crippen molar-refractivity contribution in [3.63, 3.8) is 0 Å². The lowest BCUT2D eigenvalue weighted by atomic mass is 10.1. The molecule has 1 aliphatic rings. The molecule has 0 radical (unpaired) electrons. The maximum Gasteiger partial charge on any atom is 0.0109 e. The predicted molar refractivity (Wildman–Crippen MR) is 66.0 cm³/mol. The molecule has 0 aliphatic carbocycles. The molecule has 90 valence electrons. The van der Waals surface area contributed by atoms with Gasteiger partial charge >= 0.3 is 0 Å². The first-order valence-corrected chi connectivity index (χ1v) is 6.33. The quantitative estimate of drug-likeness (QED) is 0.739. The van der Waals surface area contributed by atoms with E-state index in [2.05, 4.69) is 23.8 Å². The largest absolute Gasteiger partial charge is 0.330 e. The second-order valence-electron chi connectivity index (χ2n) is 4.99. The van der Waals surface area contributed by atoms with Crippen LogP contribution in [0.5, 0.6) is 0 Å². The molecular weight excluding hydrogens is 186 g/mol. The van der Waals surface area contributed by atoms with Gasteiger partial charge in [0.2, 0.25) is 0 Å². The Morgan fingerprint density at radius 3 is 2.73 bits per heavy atom. The van der Waals surface area contributed by atoms with Gasteiger partial charge in [-0.1, -0.05) is 6.92 Å². The topological polar surface area (TPSA) is 32.5 Å². The summed E-state index contributed by atoms with van der Waals surface area (Å²) in [5.41, 5.74) is 5.53. The van der Waals surface area contributed by atoms with E-state index >= 15 is 0 Å². The standard InChI is InChI=1S/C12H27N3/c1-12(5-3-6-13)11-15-8-4-7-14(2)9-10-15/h12H,3-11,13H2,1-2H3. The average molecular weight is 213 g/mol. The number of rotatable bonds is 5. The number of likely N-dealkylation sites (N-methyl/N-ethyl adjacent to an activating group) is 1. The van der Waals surface area contributed by atoms with Crippen LogP contribution in [0.1, 0.15) is 26.2 Å². The lowest BCUT2D eigenvalue weighted by molar-refractivity contribution is 0.236. The molecule has 1 saturated heterocycles. The molecule has 1 heterocycles. The molecule has 2 N–H and O–H groups in total. The van der Waals surface area contributed by atoms with E-state index in [0.717, 1.165) is 12.5 Å². The number of hydrogen-bond acceptors (Lipinski definition) is 3. The van der Waals surface area contributed by atoms with Crippen molar-refractivity contribution >= 4 is 0 Å². The zero-order valence-corrected chi connectivity index (χ0v) is 10.4. The van der Waals surface area contributed by atoms with E-state index in [0.29, 0.717) is 0 Å². The molecule has 0 bridgehead atoms. The molecule has 0 aromatic heterocycles. The third-order valence-corrected chi connectivity index (χ3v) is 3.28. The summed E-state index contributed by atoms with van der Waals surface area (Å²) in [7, 11) is 2.22. The molecule has 1 unspecified atom stereocenters. The molecule has 3 nitrogen and oxygen atoms in total. The summed E-state index contributed by atoms with van der Waals surface area (Å²) in [6.07, 6.45) is 3.78. The number of nitrogens with two attached hydrogens (primary N) is 1. The third kappa shape index (κ3) is 5.50. The minimum absolute atomic E-state index is 0.803. The molecule has 0 spiro atoms. The summed E-state index contributed by atoms with van der Waals surface area (Å²) in [5, 5.41) is 0. The van der Waals surface area contributed by atoms with Gasteiger partial charge in [-0.3, -0.25) is 0 Å². The molecule has 1 aliphatic heterocycles. The van der Waals surface area contributed by atoms with Crippen LogP contribution in [0.3, 0.4) is 0 Å². The van der Waals surface area contributed by atoms with E-state index in [1.54, 1.807) is 0 Å². The van der Waals surface area contributed by atoms with Crippen LogP contribution in [0.4, 0.5) is 0 Å². The van der Waals surface area contributed by atoms with Crippen molar-refractivity contribution in [2.75, 3.05) is 46.3 Å². The SMILES string of the molecule is CC(CCCN)CN1CCCN(C)CC1. The summed E-state index contributed by atoms with van der Waals surface area (Å²) in [4.78, 5) is 5.05. The second kappa shape index (κ2) is 7.20. The Labute approximate surface area is 94.6 Å². The monoisotopic (exact) mass is 213 g/mol. The third-order valence-electron chi connectivity index (χ3n) is 3.28. The summed E-state index contributed by atoms with van der Waals surface area (Å²) in [6, 6.07) is 0. The maximum absolute atomic E-state index is 5.53. The number of hydrogen-bond donors (Lipinski definition) is 1. The fourth-order valence-electron chi connectivity index (χ4n) is 2.28. The first-order chi connectivity index (χ1) is 7.22. The van der Waals surface area contributed by atoms with Crippen LogP contribution in [0.15, 0.2) is 0 Å². The summed E-state index contributed by atoms with van der Waals surface area (Å²) < 4.78 is 0. The molecule has 1 fully saturated rings. The van der Waals surface area contributed by atoms with Crippen molar-refractivity contribution in [1.82, 2.24) is 9.80 Å². The summed E-state index contributed by atoms with van der Waals surface area (Å²) in [5.74, 6) is 0.803. The van der Waals surface area contributed by atoms with Crippen LogP contribution >= 0.6 is 0 Å². The zero-order chi connectivity index (χ0) is 11.1. The molecule has 0 saturated carbocycles. The van der Waals surface area contributed by atoms with Gasteiger partial charge in [0.25, 0.3) is 0 Å². The first-order valence-electron chi connectivity index (χ1n) is 6.33. The molecule has 0 amide bonds. The smallest absolute Gasteiger partial charge is 0.0109 e. The van der Waals surface area contributed by atoms with Crippen molar-refractivity contribution in [1.29, 1.82) is 0 Å². The van der Waals surface area contributed by atoms with Crippen LogP contribution in [-0.4, -0.2) is 56.1 Å². The van der Waals surface area contributed by atoms with Crippen molar-refractivity contribution in [3.8, 4) is 0 Å². The van der Waals surface area contributed by atoms with Crippen molar-refractivity contribution in [2.45, 2.75) is 26.2 Å². The van der Waals surface area contributed by atoms with E-state index in [1.165, 1.54) is 52.0 Å². The Morgan fingerprint density at radius 1 is 1.20 bits per heavy atom. The molecule has 1 rings (SSSR count). The van der Waals surface area contributed by atoms with E-state index in [1.807, 2.05) is 0 Å². The second-order valence-corrected chi connectivity index (χ2v) is 4.99. The summed E-state index contributed by atoms with van der Waals surface area (Å²) >= 11 is 0. The van der Waals surface area contributed by atoms with Crippen LogP contribution in [-0.2, 0) is 0 Å². The Morgan fingerprint density at radius 2 is 2.00 bits per heavy atom. The number of nitrogens with zero attached hydrogens (tertiary/aromatic N) is 2. The van der Waals surface area contributed by atoms with Crippen LogP contribution in [0, 0.1) is 5.92 Å². The molecule has 3 heteroatoms. The van der Waals surface area contributed by atoms with Crippen molar-refractivity contribution in [3.05, 3.63) is 0 Å². The Hall–Kier alpha value is -0.120. The molecule has 15 heavy (non-hydrogen) atoms. The Kier molecular flexibility index (Phi) is 6.22. The van der Waals surface area contributed by atoms with Gasteiger partial charge in [-0.2, -0.15) is 0 Å². The first kappa shape index (κ1) is 12.9. The van der Waals surface area contributed by atoms with Gasteiger partial charge in [-0.25, -0.2) is 0 Å². The van der Waals surface area contributed by atoms with E-state index in [4.69, 9.17) is 5.73 Å². The predicted octanol–water partition coefficient (Wildman–Crippen LogP) is 0.999. The minimum Gasteiger partial charge on any atom is -0.330 e. The van der Waals surface area contributed by atoms with Crippen LogP contribution in [0.2, 0.25) is 0 Å². The highest BCUT2D eigenvalue weighted by molar-refractivity contribution is 4.69. The fraction of sp³-hybridized carbons (Fsp3) is 1.00. The Bertz CT molecular complexity index is 161. The lowest BCUT2D eigenvalue weighted by Crippen LogP contribution is -2.32. The molecular formula is C12H27N3. The summed E-state index contributed by atoms with van der Waals surface area (Å²) in [6.45, 7) is 9.45. The van der Waals surface area contributed by atoms with Crippen molar-refractivity contribution in [2.24, 2.45) is 11.7 Å². The van der Waals surface area contributed by atoms with Gasteiger partial charge in [0, 0.05) is 19.6 Å². The molecule has 0 aromatic rings. The van der Waals surface area contributed by atoms with Gasteiger partial charge in [0.15, 0.2) is 0 Å². The fourth-order valence-corrected chi connectivity index (χ4v) is 2.28. The Balaban J connectivity index is 2.18. The minimum atomic E-state index is 0.803. The van der Waals surface area contributed by atoms with Gasteiger partial charge in [0.1, 0.15) is 0 Å². The normalized spacial score (nSPS) is 22.6. The highest BCUT2D eigenvalue weighted by Crippen LogP contribution is 2.09. The lowest BCUT2D eigenvalue weighted by Gasteiger charge is -2.23. The zero-order valence-electron chi connectivity index (χ0n) is 10.4. The van der Waals surface area contributed by atoms with Gasteiger partial charge in [0.05, 0.1) is 0 Å². The maximum atomic E-state index is 5.53. The highest BCUT2D eigenvalue weighted by Gasteiger charge is 2.14. The average Bonchev–Trinajstić information content (AvgIpc) is 2.41. The van der Waals surface area contributed by atoms with Gasteiger partial charge in [-0.05, 0) is 51.9 Å². The molecule has 1 atom stereocenters. The van der Waals surface area contributed by atoms with Gasteiger partial charge < -0.3 is 15.5 Å².